The van der Waals surface area contributed by atoms with Crippen molar-refractivity contribution in [1.82, 2.24) is 4.72 Å². The fourth-order valence-electron chi connectivity index (χ4n) is 2.96. The van der Waals surface area contributed by atoms with Gasteiger partial charge in [0.1, 0.15) is 11.4 Å². The van der Waals surface area contributed by atoms with Gasteiger partial charge in [0.2, 0.25) is 10.0 Å². The fourth-order valence-corrected chi connectivity index (χ4v) is 4.40. The first-order chi connectivity index (χ1) is 9.94. The first kappa shape index (κ1) is 14.8. The zero-order valence-electron chi connectivity index (χ0n) is 12.1. The molecule has 2 aliphatic rings. The molecule has 116 valence electrons. The Morgan fingerprint density at radius 3 is 2.86 bits per heavy atom. The number of methoxy groups -OCH3 is 1. The maximum atomic E-state index is 11.9. The highest BCUT2D eigenvalue weighted by Crippen LogP contribution is 2.37. The molecule has 0 spiro atoms. The van der Waals surface area contributed by atoms with E-state index in [0.717, 1.165) is 42.6 Å². The Labute approximate surface area is 125 Å². The SMILES string of the molecule is COc1ccc2c(c1)CCCC2(O)CNS(=O)(=O)C1CC1. The van der Waals surface area contributed by atoms with Crippen molar-refractivity contribution in [3.05, 3.63) is 29.3 Å². The van der Waals surface area contributed by atoms with Crippen molar-refractivity contribution in [2.45, 2.75) is 43.0 Å². The third-order valence-electron chi connectivity index (χ3n) is 4.38. The summed E-state index contributed by atoms with van der Waals surface area (Å²) in [5.74, 6) is 0.761. The molecule has 1 unspecified atom stereocenters. The number of rotatable bonds is 5. The number of aryl methyl sites for hydroxylation is 1. The van der Waals surface area contributed by atoms with Gasteiger partial charge in [-0.1, -0.05) is 6.07 Å². The molecule has 1 saturated carbocycles. The summed E-state index contributed by atoms with van der Waals surface area (Å²) >= 11 is 0. The summed E-state index contributed by atoms with van der Waals surface area (Å²) in [6.07, 6.45) is 3.73. The van der Waals surface area contributed by atoms with Crippen LogP contribution in [0.2, 0.25) is 0 Å². The van der Waals surface area contributed by atoms with Crippen LogP contribution in [-0.4, -0.2) is 32.4 Å². The second-order valence-corrected chi connectivity index (χ2v) is 8.02. The van der Waals surface area contributed by atoms with E-state index < -0.39 is 15.6 Å². The van der Waals surface area contributed by atoms with Gasteiger partial charge in [0.15, 0.2) is 0 Å². The highest BCUT2D eigenvalue weighted by Gasteiger charge is 2.40. The van der Waals surface area contributed by atoms with Crippen LogP contribution < -0.4 is 9.46 Å². The maximum Gasteiger partial charge on any atom is 0.214 e. The Kier molecular flexibility index (Phi) is 3.71. The standard InChI is InChI=1S/C15H21NO4S/c1-20-12-4-7-14-11(9-12)3-2-8-15(14,17)10-16-21(18,19)13-5-6-13/h4,7,9,13,16-17H,2-3,5-6,8,10H2,1H3. The second-order valence-electron chi connectivity index (χ2n) is 5.97. The molecule has 0 aromatic heterocycles. The van der Waals surface area contributed by atoms with Crippen LogP contribution in [0.4, 0.5) is 0 Å². The number of nitrogens with one attached hydrogen (secondary N) is 1. The van der Waals surface area contributed by atoms with Crippen LogP contribution in [-0.2, 0) is 22.0 Å². The molecule has 1 aromatic rings. The normalized spacial score (nSPS) is 25.4. The minimum absolute atomic E-state index is 0.0468. The van der Waals surface area contributed by atoms with Gasteiger partial charge in [-0.15, -0.1) is 0 Å². The summed E-state index contributed by atoms with van der Waals surface area (Å²) in [4.78, 5) is 0. The Morgan fingerprint density at radius 1 is 1.43 bits per heavy atom. The quantitative estimate of drug-likeness (QED) is 0.859. The topological polar surface area (TPSA) is 75.6 Å². The molecule has 0 heterocycles. The van der Waals surface area contributed by atoms with Crippen molar-refractivity contribution in [3.63, 3.8) is 0 Å². The molecule has 0 radical (unpaired) electrons. The molecule has 0 amide bonds. The van der Waals surface area contributed by atoms with Crippen LogP contribution in [0.25, 0.3) is 0 Å². The number of benzene rings is 1. The van der Waals surface area contributed by atoms with E-state index >= 15 is 0 Å². The van der Waals surface area contributed by atoms with Gasteiger partial charge in [0, 0.05) is 6.54 Å². The van der Waals surface area contributed by atoms with Crippen molar-refractivity contribution < 1.29 is 18.3 Å². The Bertz CT molecular complexity index is 639. The van der Waals surface area contributed by atoms with Gasteiger partial charge in [-0.3, -0.25) is 0 Å². The van der Waals surface area contributed by atoms with Crippen LogP contribution >= 0.6 is 0 Å². The summed E-state index contributed by atoms with van der Waals surface area (Å²) < 4.78 is 31.7. The van der Waals surface area contributed by atoms with Gasteiger partial charge in [-0.2, -0.15) is 0 Å². The van der Waals surface area contributed by atoms with Gasteiger partial charge in [0.05, 0.1) is 12.4 Å². The molecule has 0 aliphatic heterocycles. The van der Waals surface area contributed by atoms with Gasteiger partial charge in [-0.25, -0.2) is 13.1 Å². The van der Waals surface area contributed by atoms with E-state index in [4.69, 9.17) is 4.74 Å². The van der Waals surface area contributed by atoms with Crippen LogP contribution in [0.5, 0.6) is 5.75 Å². The lowest BCUT2D eigenvalue weighted by atomic mass is 9.79. The first-order valence-corrected chi connectivity index (χ1v) is 8.87. The molecule has 1 atom stereocenters. The first-order valence-electron chi connectivity index (χ1n) is 7.33. The zero-order valence-corrected chi connectivity index (χ0v) is 12.9. The molecule has 2 N–H and O–H groups in total. The summed E-state index contributed by atoms with van der Waals surface area (Å²) in [6.45, 7) is 0.0468. The van der Waals surface area contributed by atoms with Crippen molar-refractivity contribution in [3.8, 4) is 5.75 Å². The number of fused-ring (bicyclic) bond motifs is 1. The summed E-state index contributed by atoms with van der Waals surface area (Å²) in [7, 11) is -1.66. The minimum Gasteiger partial charge on any atom is -0.497 e. The lowest BCUT2D eigenvalue weighted by molar-refractivity contribution is 0.0242. The Morgan fingerprint density at radius 2 is 2.19 bits per heavy atom. The Balaban J connectivity index is 1.82. The van der Waals surface area contributed by atoms with E-state index in [9.17, 15) is 13.5 Å². The maximum absolute atomic E-state index is 11.9. The number of sulfonamides is 1. The van der Waals surface area contributed by atoms with E-state index in [2.05, 4.69) is 4.72 Å². The molecule has 3 rings (SSSR count). The molecule has 0 saturated heterocycles. The van der Waals surface area contributed by atoms with Crippen molar-refractivity contribution in [2.24, 2.45) is 0 Å². The zero-order chi connectivity index (χ0) is 15.1. The predicted octanol–water partition coefficient (Wildman–Crippen LogP) is 1.30. The van der Waals surface area contributed by atoms with Gasteiger partial charge in [0.25, 0.3) is 0 Å². The number of ether oxygens (including phenoxy) is 1. The highest BCUT2D eigenvalue weighted by atomic mass is 32.2. The summed E-state index contributed by atoms with van der Waals surface area (Å²) in [5, 5.41) is 10.6. The number of hydrogen-bond acceptors (Lipinski definition) is 4. The molecule has 1 fully saturated rings. The highest BCUT2D eigenvalue weighted by molar-refractivity contribution is 7.90. The monoisotopic (exact) mass is 311 g/mol. The van der Waals surface area contributed by atoms with Crippen LogP contribution in [0.1, 0.15) is 36.8 Å². The fraction of sp³-hybridized carbons (Fsp3) is 0.600. The van der Waals surface area contributed by atoms with E-state index in [1.54, 1.807) is 7.11 Å². The summed E-state index contributed by atoms with van der Waals surface area (Å²) in [6, 6.07) is 5.58. The molecular weight excluding hydrogens is 290 g/mol. The number of hydrogen-bond donors (Lipinski definition) is 2. The van der Waals surface area contributed by atoms with Gasteiger partial charge in [-0.05, 0) is 55.4 Å². The smallest absolute Gasteiger partial charge is 0.214 e. The molecule has 5 nitrogen and oxygen atoms in total. The largest absolute Gasteiger partial charge is 0.497 e. The van der Waals surface area contributed by atoms with E-state index in [-0.39, 0.29) is 11.8 Å². The van der Waals surface area contributed by atoms with Gasteiger partial charge < -0.3 is 9.84 Å². The third-order valence-corrected chi connectivity index (χ3v) is 6.28. The lowest BCUT2D eigenvalue weighted by Crippen LogP contribution is -2.43. The summed E-state index contributed by atoms with van der Waals surface area (Å²) in [5.41, 5.74) is 0.726. The van der Waals surface area contributed by atoms with Crippen molar-refractivity contribution in [1.29, 1.82) is 0 Å². The molecule has 1 aromatic carbocycles. The second kappa shape index (κ2) is 5.26. The molecule has 21 heavy (non-hydrogen) atoms. The van der Waals surface area contributed by atoms with E-state index in [1.807, 2.05) is 18.2 Å². The van der Waals surface area contributed by atoms with Crippen LogP contribution in [0, 0.1) is 0 Å². The van der Waals surface area contributed by atoms with Crippen LogP contribution in [0.15, 0.2) is 18.2 Å². The molecule has 0 bridgehead atoms. The average Bonchev–Trinajstić information content (AvgIpc) is 3.30. The third kappa shape index (κ3) is 2.93. The minimum atomic E-state index is -3.27. The van der Waals surface area contributed by atoms with Crippen molar-refractivity contribution in [2.75, 3.05) is 13.7 Å². The lowest BCUT2D eigenvalue weighted by Gasteiger charge is -2.34. The van der Waals surface area contributed by atoms with Gasteiger partial charge >= 0.3 is 0 Å². The van der Waals surface area contributed by atoms with E-state index in [1.165, 1.54) is 0 Å². The number of aliphatic hydroxyl groups is 1. The van der Waals surface area contributed by atoms with E-state index in [0.29, 0.717) is 6.42 Å². The Hall–Kier alpha value is -1.11. The molecule has 6 heteroatoms. The predicted molar refractivity (Wildman–Crippen MR) is 79.8 cm³/mol. The molecular formula is C15H21NO4S. The molecule has 2 aliphatic carbocycles. The van der Waals surface area contributed by atoms with Crippen LogP contribution in [0.3, 0.4) is 0 Å². The van der Waals surface area contributed by atoms with Crippen molar-refractivity contribution >= 4 is 10.0 Å². The average molecular weight is 311 g/mol.